The summed E-state index contributed by atoms with van der Waals surface area (Å²) in [5, 5.41) is 11.5. The molecule has 0 bridgehead atoms. The van der Waals surface area contributed by atoms with Crippen LogP contribution in [-0.4, -0.2) is 29.1 Å². The summed E-state index contributed by atoms with van der Waals surface area (Å²) in [7, 11) is 0. The van der Waals surface area contributed by atoms with E-state index in [1.807, 2.05) is 0 Å². The van der Waals surface area contributed by atoms with Crippen LogP contribution in [0.4, 0.5) is 0 Å². The second kappa shape index (κ2) is 8.20. The predicted octanol–water partition coefficient (Wildman–Crippen LogP) is 2.13. The van der Waals surface area contributed by atoms with Crippen LogP contribution in [0.2, 0.25) is 0 Å². The van der Waals surface area contributed by atoms with Gasteiger partial charge in [-0.25, -0.2) is 4.98 Å². The highest BCUT2D eigenvalue weighted by atomic mass is 79.9. The highest BCUT2D eigenvalue weighted by Crippen LogP contribution is 2.12. The first-order valence-corrected chi connectivity index (χ1v) is 6.54. The monoisotopic (exact) mass is 300 g/mol. The van der Waals surface area contributed by atoms with Gasteiger partial charge in [0, 0.05) is 19.3 Å². The number of halogens is 1. The number of aromatic nitrogens is 1. The van der Waals surface area contributed by atoms with Crippen molar-refractivity contribution in [2.75, 3.05) is 13.2 Å². The molecule has 0 fully saturated rings. The van der Waals surface area contributed by atoms with Gasteiger partial charge in [-0.05, 0) is 40.9 Å². The molecule has 1 heterocycles. The summed E-state index contributed by atoms with van der Waals surface area (Å²) in [6.07, 6.45) is 5.43. The Hall–Kier alpha value is -0.940. The predicted molar refractivity (Wildman–Crippen MR) is 69.8 cm³/mol. The van der Waals surface area contributed by atoms with Crippen molar-refractivity contribution in [3.8, 4) is 0 Å². The van der Waals surface area contributed by atoms with Gasteiger partial charge in [0.2, 0.25) is 0 Å². The van der Waals surface area contributed by atoms with Crippen LogP contribution >= 0.6 is 15.9 Å². The molecule has 0 radical (unpaired) electrons. The van der Waals surface area contributed by atoms with Crippen LogP contribution in [0.5, 0.6) is 0 Å². The first-order chi connectivity index (χ1) is 8.25. The molecule has 1 rings (SSSR count). The van der Waals surface area contributed by atoms with Crippen LogP contribution in [0.3, 0.4) is 0 Å². The minimum atomic E-state index is -0.105. The Bertz CT molecular complexity index is 358. The van der Waals surface area contributed by atoms with E-state index in [2.05, 4.69) is 26.2 Å². The van der Waals surface area contributed by atoms with E-state index in [0.717, 1.165) is 25.7 Å². The van der Waals surface area contributed by atoms with Crippen LogP contribution < -0.4 is 5.32 Å². The highest BCUT2D eigenvalue weighted by Gasteiger charge is 2.08. The van der Waals surface area contributed by atoms with Gasteiger partial charge in [0.15, 0.2) is 0 Å². The van der Waals surface area contributed by atoms with Gasteiger partial charge in [-0.2, -0.15) is 0 Å². The molecule has 5 heteroatoms. The van der Waals surface area contributed by atoms with Gasteiger partial charge in [0.1, 0.15) is 4.60 Å². The van der Waals surface area contributed by atoms with Gasteiger partial charge >= 0.3 is 0 Å². The molecule has 94 valence electrons. The number of hydrogen-bond acceptors (Lipinski definition) is 3. The molecule has 0 atom stereocenters. The Kier molecular flexibility index (Phi) is 6.81. The number of aliphatic hydroxyl groups is 1. The minimum absolute atomic E-state index is 0.105. The average Bonchev–Trinajstić information content (AvgIpc) is 2.34. The Morgan fingerprint density at radius 3 is 2.82 bits per heavy atom. The lowest BCUT2D eigenvalue weighted by atomic mass is 10.2. The van der Waals surface area contributed by atoms with Crippen molar-refractivity contribution in [3.05, 3.63) is 28.5 Å². The fraction of sp³-hybridized carbons (Fsp3) is 0.500. The molecule has 0 aliphatic heterocycles. The van der Waals surface area contributed by atoms with Gasteiger partial charge in [0.25, 0.3) is 5.91 Å². The normalized spacial score (nSPS) is 10.2. The zero-order valence-corrected chi connectivity index (χ0v) is 11.2. The van der Waals surface area contributed by atoms with Crippen molar-refractivity contribution >= 4 is 21.8 Å². The first kappa shape index (κ1) is 14.1. The highest BCUT2D eigenvalue weighted by molar-refractivity contribution is 9.10. The molecular formula is C12H17BrN2O2. The van der Waals surface area contributed by atoms with Gasteiger partial charge in [-0.15, -0.1) is 0 Å². The van der Waals surface area contributed by atoms with Crippen LogP contribution in [0.1, 0.15) is 36.0 Å². The van der Waals surface area contributed by atoms with Crippen molar-refractivity contribution < 1.29 is 9.90 Å². The quantitative estimate of drug-likeness (QED) is 0.599. The topological polar surface area (TPSA) is 62.2 Å². The Balaban J connectivity index is 2.24. The largest absolute Gasteiger partial charge is 0.396 e. The third-order valence-electron chi connectivity index (χ3n) is 2.37. The molecule has 0 aromatic carbocycles. The van der Waals surface area contributed by atoms with Gasteiger partial charge in [-0.1, -0.05) is 12.8 Å². The number of pyridine rings is 1. The van der Waals surface area contributed by atoms with Crippen LogP contribution in [0.25, 0.3) is 0 Å². The lowest BCUT2D eigenvalue weighted by molar-refractivity contribution is 0.0951. The average molecular weight is 301 g/mol. The number of carbonyl (C=O) groups excluding carboxylic acids is 1. The SMILES string of the molecule is O=C(NCCCCCCO)c1cccnc1Br. The summed E-state index contributed by atoms with van der Waals surface area (Å²) in [4.78, 5) is 15.7. The van der Waals surface area contributed by atoms with E-state index in [1.165, 1.54) is 0 Å². The van der Waals surface area contributed by atoms with Gasteiger partial charge < -0.3 is 10.4 Å². The van der Waals surface area contributed by atoms with E-state index >= 15 is 0 Å². The fourth-order valence-electron chi connectivity index (χ4n) is 1.44. The summed E-state index contributed by atoms with van der Waals surface area (Å²) >= 11 is 3.24. The second-order valence-corrected chi connectivity index (χ2v) is 4.49. The summed E-state index contributed by atoms with van der Waals surface area (Å²) in [6, 6.07) is 3.47. The van der Waals surface area contributed by atoms with E-state index in [-0.39, 0.29) is 12.5 Å². The number of nitrogens with one attached hydrogen (secondary N) is 1. The second-order valence-electron chi connectivity index (χ2n) is 3.74. The molecular weight excluding hydrogens is 284 g/mol. The smallest absolute Gasteiger partial charge is 0.254 e. The van der Waals surface area contributed by atoms with Crippen molar-refractivity contribution in [1.82, 2.24) is 10.3 Å². The molecule has 1 aromatic heterocycles. The Morgan fingerprint density at radius 1 is 1.35 bits per heavy atom. The van der Waals surface area contributed by atoms with Gasteiger partial charge in [0.05, 0.1) is 5.56 Å². The standard InChI is InChI=1S/C12H17BrN2O2/c13-11-10(6-5-8-14-11)12(17)15-7-3-1-2-4-9-16/h5-6,8,16H,1-4,7,9H2,(H,15,17). The fourth-order valence-corrected chi connectivity index (χ4v) is 1.87. The number of hydrogen-bond donors (Lipinski definition) is 2. The number of amides is 1. The van der Waals surface area contributed by atoms with E-state index in [0.29, 0.717) is 16.7 Å². The third kappa shape index (κ3) is 5.28. The molecule has 17 heavy (non-hydrogen) atoms. The molecule has 0 spiro atoms. The number of nitrogens with zero attached hydrogens (tertiary/aromatic N) is 1. The molecule has 0 saturated heterocycles. The third-order valence-corrected chi connectivity index (χ3v) is 3.01. The van der Waals surface area contributed by atoms with Gasteiger partial charge in [-0.3, -0.25) is 4.79 Å². The molecule has 4 nitrogen and oxygen atoms in total. The molecule has 0 aliphatic carbocycles. The maximum atomic E-state index is 11.7. The van der Waals surface area contributed by atoms with E-state index < -0.39 is 0 Å². The molecule has 2 N–H and O–H groups in total. The summed E-state index contributed by atoms with van der Waals surface area (Å²) in [5.74, 6) is -0.105. The van der Waals surface area contributed by atoms with Crippen molar-refractivity contribution in [1.29, 1.82) is 0 Å². The maximum Gasteiger partial charge on any atom is 0.254 e. The lowest BCUT2D eigenvalue weighted by Crippen LogP contribution is -2.24. The van der Waals surface area contributed by atoms with Crippen molar-refractivity contribution in [3.63, 3.8) is 0 Å². The van der Waals surface area contributed by atoms with Crippen LogP contribution in [0.15, 0.2) is 22.9 Å². The lowest BCUT2D eigenvalue weighted by Gasteiger charge is -2.05. The van der Waals surface area contributed by atoms with E-state index in [9.17, 15) is 4.79 Å². The number of aliphatic hydroxyl groups excluding tert-OH is 1. The molecule has 1 aromatic rings. The Labute approximate surface area is 110 Å². The maximum absolute atomic E-state index is 11.7. The Morgan fingerprint density at radius 2 is 2.12 bits per heavy atom. The first-order valence-electron chi connectivity index (χ1n) is 5.75. The summed E-state index contributed by atoms with van der Waals surface area (Å²) in [5.41, 5.74) is 0.558. The number of carbonyl (C=O) groups is 1. The molecule has 0 unspecified atom stereocenters. The number of unbranched alkanes of at least 4 members (excludes halogenated alkanes) is 3. The van der Waals surface area contributed by atoms with Crippen molar-refractivity contribution in [2.45, 2.75) is 25.7 Å². The zero-order chi connectivity index (χ0) is 12.5. The minimum Gasteiger partial charge on any atom is -0.396 e. The summed E-state index contributed by atoms with van der Waals surface area (Å²) < 4.78 is 0.567. The van der Waals surface area contributed by atoms with E-state index in [1.54, 1.807) is 18.3 Å². The van der Waals surface area contributed by atoms with Crippen molar-refractivity contribution in [2.24, 2.45) is 0 Å². The number of rotatable bonds is 7. The van der Waals surface area contributed by atoms with Crippen LogP contribution in [-0.2, 0) is 0 Å². The molecule has 0 aliphatic rings. The molecule has 1 amide bonds. The van der Waals surface area contributed by atoms with E-state index in [4.69, 9.17) is 5.11 Å². The molecule has 0 saturated carbocycles. The van der Waals surface area contributed by atoms with Crippen LogP contribution in [0, 0.1) is 0 Å². The summed E-state index contributed by atoms with van der Waals surface area (Å²) in [6.45, 7) is 0.903. The zero-order valence-electron chi connectivity index (χ0n) is 9.66.